The van der Waals surface area contributed by atoms with Gasteiger partial charge in [0, 0.05) is 26.2 Å². The van der Waals surface area contributed by atoms with Crippen molar-refractivity contribution in [2.75, 3.05) is 46.0 Å². The second kappa shape index (κ2) is 8.05. The van der Waals surface area contributed by atoms with Gasteiger partial charge < -0.3 is 14.2 Å². The smallest absolute Gasteiger partial charge is 0.250 e. The molecular formula is C18H22N2O5S2. The van der Waals surface area contributed by atoms with Gasteiger partial charge in [0.1, 0.15) is 24.0 Å². The maximum absolute atomic E-state index is 12.1. The van der Waals surface area contributed by atoms with Crippen LogP contribution in [-0.2, 0) is 10.0 Å². The molecular weight excluding hydrogens is 388 g/mol. The van der Waals surface area contributed by atoms with Crippen LogP contribution in [0.3, 0.4) is 0 Å². The van der Waals surface area contributed by atoms with Crippen molar-refractivity contribution in [2.45, 2.75) is 4.21 Å². The predicted molar refractivity (Wildman–Crippen MR) is 102 cm³/mol. The summed E-state index contributed by atoms with van der Waals surface area (Å²) in [4.78, 5) is 2.25. The molecule has 4 rings (SSSR count). The minimum atomic E-state index is -3.37. The van der Waals surface area contributed by atoms with Crippen molar-refractivity contribution in [1.82, 2.24) is 9.62 Å². The number of thiophene rings is 1. The first-order valence-corrected chi connectivity index (χ1v) is 11.2. The summed E-state index contributed by atoms with van der Waals surface area (Å²) in [7, 11) is -3.37. The summed E-state index contributed by atoms with van der Waals surface area (Å²) in [5.74, 6) is 2.43. The Morgan fingerprint density at radius 1 is 1.19 bits per heavy atom. The summed E-state index contributed by atoms with van der Waals surface area (Å²) >= 11 is 1.23. The number of nitrogens with zero attached hydrogens (tertiary/aromatic N) is 1. The summed E-state index contributed by atoms with van der Waals surface area (Å²) in [6.45, 7) is 4.62. The number of rotatable bonds is 8. The zero-order valence-electron chi connectivity index (χ0n) is 14.8. The highest BCUT2D eigenvalue weighted by Crippen LogP contribution is 2.38. The molecule has 1 N–H and O–H groups in total. The van der Waals surface area contributed by atoms with Crippen LogP contribution in [0.1, 0.15) is 0 Å². The third kappa shape index (κ3) is 4.37. The molecule has 0 atom stereocenters. The molecule has 1 saturated heterocycles. The van der Waals surface area contributed by atoms with Crippen LogP contribution in [0.25, 0.3) is 0 Å². The van der Waals surface area contributed by atoms with Gasteiger partial charge in [0.15, 0.2) is 11.5 Å². The van der Waals surface area contributed by atoms with E-state index in [0.717, 1.165) is 25.4 Å². The fourth-order valence-electron chi connectivity index (χ4n) is 3.15. The molecule has 0 amide bonds. The molecule has 2 aliphatic rings. The van der Waals surface area contributed by atoms with E-state index in [1.807, 2.05) is 18.2 Å². The average Bonchev–Trinajstić information content (AvgIpc) is 3.18. The van der Waals surface area contributed by atoms with Crippen LogP contribution >= 0.6 is 11.3 Å². The Morgan fingerprint density at radius 2 is 2.04 bits per heavy atom. The molecule has 0 aliphatic carbocycles. The Hall–Kier alpha value is -1.81. The Balaban J connectivity index is 1.17. The van der Waals surface area contributed by atoms with Crippen LogP contribution in [-0.4, -0.2) is 59.3 Å². The lowest BCUT2D eigenvalue weighted by atomic mass is 10.0. The summed E-state index contributed by atoms with van der Waals surface area (Å²) in [5.41, 5.74) is 0. The van der Waals surface area contributed by atoms with Gasteiger partial charge in [-0.25, -0.2) is 13.1 Å². The molecule has 146 valence electrons. The Morgan fingerprint density at radius 3 is 2.85 bits per heavy atom. The molecule has 1 fully saturated rings. The molecule has 2 aromatic rings. The lowest BCUT2D eigenvalue weighted by Crippen LogP contribution is -2.52. The molecule has 0 unspecified atom stereocenters. The van der Waals surface area contributed by atoms with Crippen molar-refractivity contribution >= 4 is 21.4 Å². The van der Waals surface area contributed by atoms with Gasteiger partial charge in [0.05, 0.1) is 0 Å². The fourth-order valence-corrected chi connectivity index (χ4v) is 5.30. The lowest BCUT2D eigenvalue weighted by molar-refractivity contribution is 0.0835. The Labute approximate surface area is 162 Å². The fraction of sp³-hybridized carbons (Fsp3) is 0.444. The SMILES string of the molecule is O=S(=O)(NCC1CN(CCOc2cccc3c2OCCO3)C1)c1cccs1. The molecule has 0 radical (unpaired) electrons. The van der Waals surface area contributed by atoms with Crippen LogP contribution < -0.4 is 18.9 Å². The topological polar surface area (TPSA) is 77.1 Å². The van der Waals surface area contributed by atoms with Crippen LogP contribution in [0.5, 0.6) is 17.2 Å². The van der Waals surface area contributed by atoms with E-state index < -0.39 is 10.0 Å². The third-order valence-electron chi connectivity index (χ3n) is 4.55. The van der Waals surface area contributed by atoms with E-state index >= 15 is 0 Å². The van der Waals surface area contributed by atoms with Crippen molar-refractivity contribution in [3.63, 3.8) is 0 Å². The number of hydrogen-bond acceptors (Lipinski definition) is 7. The molecule has 0 bridgehead atoms. The van der Waals surface area contributed by atoms with Gasteiger partial charge in [0.2, 0.25) is 15.8 Å². The second-order valence-electron chi connectivity index (χ2n) is 6.54. The van der Waals surface area contributed by atoms with E-state index in [4.69, 9.17) is 14.2 Å². The van der Waals surface area contributed by atoms with Crippen LogP contribution in [0.15, 0.2) is 39.9 Å². The van der Waals surface area contributed by atoms with E-state index in [1.165, 1.54) is 11.3 Å². The quantitative estimate of drug-likeness (QED) is 0.715. The standard InChI is InChI=1S/C18H22N2O5S2/c21-27(22,17-5-2-10-26-17)19-11-14-12-20(13-14)6-7-23-15-3-1-4-16-18(15)25-9-8-24-16/h1-5,10,14,19H,6-9,11-13H2. The first kappa shape index (κ1) is 18.5. The zero-order valence-corrected chi connectivity index (χ0v) is 16.4. The summed E-state index contributed by atoms with van der Waals surface area (Å²) < 4.78 is 44.3. The average molecular weight is 411 g/mol. The van der Waals surface area contributed by atoms with E-state index in [0.29, 0.717) is 48.0 Å². The maximum Gasteiger partial charge on any atom is 0.250 e. The molecule has 0 spiro atoms. The van der Waals surface area contributed by atoms with Crippen molar-refractivity contribution in [2.24, 2.45) is 5.92 Å². The number of fused-ring (bicyclic) bond motifs is 1. The van der Waals surface area contributed by atoms with E-state index in [2.05, 4.69) is 9.62 Å². The largest absolute Gasteiger partial charge is 0.488 e. The monoisotopic (exact) mass is 410 g/mol. The normalized spacial score (nSPS) is 17.5. The molecule has 3 heterocycles. The number of ether oxygens (including phenoxy) is 3. The first-order valence-electron chi connectivity index (χ1n) is 8.89. The van der Waals surface area contributed by atoms with Crippen molar-refractivity contribution in [3.8, 4) is 17.2 Å². The second-order valence-corrected chi connectivity index (χ2v) is 9.48. The minimum absolute atomic E-state index is 0.334. The molecule has 1 aromatic heterocycles. The minimum Gasteiger partial charge on any atom is -0.488 e. The highest BCUT2D eigenvalue weighted by molar-refractivity contribution is 7.91. The summed E-state index contributed by atoms with van der Waals surface area (Å²) in [6.07, 6.45) is 0. The lowest BCUT2D eigenvalue weighted by Gasteiger charge is -2.39. The number of para-hydroxylation sites is 1. The zero-order chi connectivity index (χ0) is 18.7. The van der Waals surface area contributed by atoms with Gasteiger partial charge in [-0.05, 0) is 29.5 Å². The highest BCUT2D eigenvalue weighted by Gasteiger charge is 2.28. The van der Waals surface area contributed by atoms with Crippen LogP contribution in [0.2, 0.25) is 0 Å². The van der Waals surface area contributed by atoms with Gasteiger partial charge in [-0.1, -0.05) is 12.1 Å². The van der Waals surface area contributed by atoms with Crippen molar-refractivity contribution in [3.05, 3.63) is 35.7 Å². The van der Waals surface area contributed by atoms with E-state index in [9.17, 15) is 8.42 Å². The predicted octanol–water partition coefficient (Wildman–Crippen LogP) is 1.81. The number of likely N-dealkylation sites (tertiary alicyclic amines) is 1. The molecule has 0 saturated carbocycles. The van der Waals surface area contributed by atoms with Gasteiger partial charge in [-0.3, -0.25) is 4.90 Å². The molecule has 9 heteroatoms. The van der Waals surface area contributed by atoms with Gasteiger partial charge in [-0.15, -0.1) is 11.3 Å². The van der Waals surface area contributed by atoms with Crippen molar-refractivity contribution in [1.29, 1.82) is 0 Å². The first-order chi connectivity index (χ1) is 13.1. The molecule has 2 aliphatic heterocycles. The van der Waals surface area contributed by atoms with Gasteiger partial charge in [-0.2, -0.15) is 0 Å². The van der Waals surface area contributed by atoms with Crippen LogP contribution in [0.4, 0.5) is 0 Å². The Bertz CT molecular complexity index is 864. The number of sulfonamides is 1. The van der Waals surface area contributed by atoms with Crippen LogP contribution in [0, 0.1) is 5.92 Å². The molecule has 7 nitrogen and oxygen atoms in total. The summed E-state index contributed by atoms with van der Waals surface area (Å²) in [5, 5.41) is 1.76. The summed E-state index contributed by atoms with van der Waals surface area (Å²) in [6, 6.07) is 9.01. The number of hydrogen-bond donors (Lipinski definition) is 1. The van der Waals surface area contributed by atoms with Crippen molar-refractivity contribution < 1.29 is 22.6 Å². The Kier molecular flexibility index (Phi) is 5.53. The molecule has 27 heavy (non-hydrogen) atoms. The highest BCUT2D eigenvalue weighted by atomic mass is 32.2. The number of benzene rings is 1. The van der Waals surface area contributed by atoms with Gasteiger partial charge >= 0.3 is 0 Å². The van der Waals surface area contributed by atoms with E-state index in [1.54, 1.807) is 17.5 Å². The van der Waals surface area contributed by atoms with E-state index in [-0.39, 0.29) is 0 Å². The molecule has 1 aromatic carbocycles. The number of nitrogens with one attached hydrogen (secondary N) is 1. The van der Waals surface area contributed by atoms with Gasteiger partial charge in [0.25, 0.3) is 0 Å². The third-order valence-corrected chi connectivity index (χ3v) is 7.37. The maximum atomic E-state index is 12.1.